The topological polar surface area (TPSA) is 58.4 Å². The van der Waals surface area contributed by atoms with E-state index in [2.05, 4.69) is 17.2 Å². The van der Waals surface area contributed by atoms with Gasteiger partial charge in [0.1, 0.15) is 11.3 Å². The van der Waals surface area contributed by atoms with Crippen LogP contribution in [0, 0.1) is 12.8 Å². The van der Waals surface area contributed by atoms with Crippen molar-refractivity contribution in [3.8, 4) is 0 Å². The van der Waals surface area contributed by atoms with E-state index in [0.29, 0.717) is 17.6 Å². The summed E-state index contributed by atoms with van der Waals surface area (Å²) in [7, 11) is 0. The van der Waals surface area contributed by atoms with E-state index in [1.165, 1.54) is 29.0 Å². The van der Waals surface area contributed by atoms with Crippen LogP contribution in [0.2, 0.25) is 0 Å². The number of rotatable bonds is 5. The molecule has 1 saturated carbocycles. The molecular weight excluding hydrogens is 322 g/mol. The summed E-state index contributed by atoms with van der Waals surface area (Å²) < 4.78 is 5.02. The van der Waals surface area contributed by atoms with Crippen molar-refractivity contribution in [3.63, 3.8) is 0 Å². The number of hydrogen-bond donors (Lipinski definition) is 1. The van der Waals surface area contributed by atoms with Crippen LogP contribution in [0.5, 0.6) is 0 Å². The number of carbonyl (C=O) groups excluding carboxylic acids is 1. The molecule has 0 aromatic carbocycles. The zero-order chi connectivity index (χ0) is 16.5. The SMILES string of the molecule is Cc1cnc(C(NC2CCN(C(=O)c3ccoc3)CC2)C2CC2)s1. The number of likely N-dealkylation sites (tertiary alicyclic amines) is 1. The molecule has 2 aromatic heterocycles. The van der Waals surface area contributed by atoms with Crippen molar-refractivity contribution < 1.29 is 9.21 Å². The van der Waals surface area contributed by atoms with E-state index >= 15 is 0 Å². The summed E-state index contributed by atoms with van der Waals surface area (Å²) in [4.78, 5) is 20.2. The Morgan fingerprint density at radius 3 is 2.75 bits per heavy atom. The number of aromatic nitrogens is 1. The molecule has 128 valence electrons. The van der Waals surface area contributed by atoms with Crippen LogP contribution in [-0.2, 0) is 0 Å². The minimum Gasteiger partial charge on any atom is -0.472 e. The highest BCUT2D eigenvalue weighted by atomic mass is 32.1. The van der Waals surface area contributed by atoms with Crippen LogP contribution in [0.4, 0.5) is 0 Å². The number of aryl methyl sites for hydroxylation is 1. The highest BCUT2D eigenvalue weighted by Crippen LogP contribution is 2.42. The predicted octanol–water partition coefficient (Wildman–Crippen LogP) is 3.39. The van der Waals surface area contributed by atoms with Crippen molar-refractivity contribution in [1.29, 1.82) is 0 Å². The molecule has 0 radical (unpaired) electrons. The molecule has 3 heterocycles. The van der Waals surface area contributed by atoms with Crippen LogP contribution in [0.1, 0.15) is 52.0 Å². The molecular formula is C18H23N3O2S. The second-order valence-electron chi connectivity index (χ2n) is 6.87. The first kappa shape index (κ1) is 15.8. The lowest BCUT2D eigenvalue weighted by molar-refractivity contribution is 0.0699. The Kier molecular flexibility index (Phi) is 4.41. The summed E-state index contributed by atoms with van der Waals surface area (Å²) in [6, 6.07) is 2.60. The van der Waals surface area contributed by atoms with Crippen LogP contribution < -0.4 is 5.32 Å². The molecule has 5 nitrogen and oxygen atoms in total. The number of piperidine rings is 1. The second kappa shape index (κ2) is 6.69. The molecule has 1 atom stereocenters. The molecule has 0 spiro atoms. The summed E-state index contributed by atoms with van der Waals surface area (Å²) in [5.74, 6) is 0.817. The Morgan fingerprint density at radius 2 is 2.17 bits per heavy atom. The number of nitrogens with zero attached hydrogens (tertiary/aromatic N) is 2. The smallest absolute Gasteiger partial charge is 0.257 e. The Hall–Kier alpha value is -1.66. The van der Waals surface area contributed by atoms with E-state index in [9.17, 15) is 4.79 Å². The van der Waals surface area contributed by atoms with E-state index in [1.54, 1.807) is 12.3 Å². The molecule has 1 N–H and O–H groups in total. The van der Waals surface area contributed by atoms with Crippen LogP contribution in [0.15, 0.2) is 29.2 Å². The third-order valence-corrected chi connectivity index (χ3v) is 5.96. The number of carbonyl (C=O) groups is 1. The standard InChI is InChI=1S/C18H23N3O2S/c1-12-10-19-17(24-12)16(13-2-3-13)20-15-4-7-21(8-5-15)18(22)14-6-9-23-11-14/h6,9-11,13,15-16,20H,2-5,7-8H2,1H3. The van der Waals surface area contributed by atoms with Gasteiger partial charge in [0.15, 0.2) is 0 Å². The maximum absolute atomic E-state index is 12.4. The fourth-order valence-corrected chi connectivity index (χ4v) is 4.35. The van der Waals surface area contributed by atoms with Gasteiger partial charge >= 0.3 is 0 Å². The van der Waals surface area contributed by atoms with Crippen molar-refractivity contribution in [3.05, 3.63) is 40.2 Å². The molecule has 1 aliphatic carbocycles. The molecule has 2 fully saturated rings. The van der Waals surface area contributed by atoms with E-state index in [-0.39, 0.29) is 5.91 Å². The number of amides is 1. The average Bonchev–Trinajstić information content (AvgIpc) is 3.10. The first-order valence-corrected chi connectivity index (χ1v) is 9.52. The first-order chi connectivity index (χ1) is 11.7. The molecule has 0 bridgehead atoms. The normalized spacial score (nSPS) is 20.3. The Bertz CT molecular complexity index is 685. The monoisotopic (exact) mass is 345 g/mol. The molecule has 1 aliphatic heterocycles. The highest BCUT2D eigenvalue weighted by Gasteiger charge is 2.36. The van der Waals surface area contributed by atoms with E-state index in [1.807, 2.05) is 22.4 Å². The lowest BCUT2D eigenvalue weighted by atomic mass is 10.0. The van der Waals surface area contributed by atoms with Gasteiger partial charge in [0.25, 0.3) is 5.91 Å². The number of thiazole rings is 1. The van der Waals surface area contributed by atoms with E-state index in [0.717, 1.165) is 31.8 Å². The minimum atomic E-state index is 0.0801. The van der Waals surface area contributed by atoms with Crippen LogP contribution >= 0.6 is 11.3 Å². The molecule has 2 aromatic rings. The Balaban J connectivity index is 1.34. The number of hydrogen-bond acceptors (Lipinski definition) is 5. The number of nitrogens with one attached hydrogen (secondary N) is 1. The highest BCUT2D eigenvalue weighted by molar-refractivity contribution is 7.11. The minimum absolute atomic E-state index is 0.0801. The average molecular weight is 345 g/mol. The predicted molar refractivity (Wildman–Crippen MR) is 93.1 cm³/mol. The molecule has 1 saturated heterocycles. The molecule has 1 unspecified atom stereocenters. The summed E-state index contributed by atoms with van der Waals surface area (Å²) in [6.45, 7) is 3.72. The zero-order valence-electron chi connectivity index (χ0n) is 13.9. The van der Waals surface area contributed by atoms with E-state index in [4.69, 9.17) is 4.42 Å². The van der Waals surface area contributed by atoms with Gasteiger partial charge in [0, 0.05) is 30.2 Å². The lowest BCUT2D eigenvalue weighted by Crippen LogP contribution is -2.46. The van der Waals surface area contributed by atoms with Crippen molar-refractivity contribution in [2.45, 2.75) is 44.7 Å². The maximum atomic E-state index is 12.4. The molecule has 4 rings (SSSR count). The van der Waals surface area contributed by atoms with Gasteiger partial charge in [-0.2, -0.15) is 0 Å². The van der Waals surface area contributed by atoms with Gasteiger partial charge in [-0.25, -0.2) is 4.98 Å². The third kappa shape index (κ3) is 3.39. The van der Waals surface area contributed by atoms with Crippen molar-refractivity contribution in [2.24, 2.45) is 5.92 Å². The quantitative estimate of drug-likeness (QED) is 0.902. The zero-order valence-corrected chi connectivity index (χ0v) is 14.7. The van der Waals surface area contributed by atoms with Crippen molar-refractivity contribution in [1.82, 2.24) is 15.2 Å². The van der Waals surface area contributed by atoms with Gasteiger partial charge in [0.05, 0.1) is 17.9 Å². The van der Waals surface area contributed by atoms with Gasteiger partial charge < -0.3 is 14.6 Å². The van der Waals surface area contributed by atoms with Crippen molar-refractivity contribution >= 4 is 17.2 Å². The fraction of sp³-hybridized carbons (Fsp3) is 0.556. The third-order valence-electron chi connectivity index (χ3n) is 4.96. The van der Waals surface area contributed by atoms with Gasteiger partial charge in [-0.15, -0.1) is 11.3 Å². The Labute approximate surface area is 146 Å². The molecule has 6 heteroatoms. The molecule has 24 heavy (non-hydrogen) atoms. The second-order valence-corrected chi connectivity index (χ2v) is 8.14. The summed E-state index contributed by atoms with van der Waals surface area (Å²) in [5, 5.41) is 5.06. The van der Waals surface area contributed by atoms with Gasteiger partial charge in [0.2, 0.25) is 0 Å². The summed E-state index contributed by atoms with van der Waals surface area (Å²) in [5.41, 5.74) is 0.649. The van der Waals surface area contributed by atoms with Crippen LogP contribution in [0.3, 0.4) is 0 Å². The molecule has 1 amide bonds. The van der Waals surface area contributed by atoms with Crippen LogP contribution in [-0.4, -0.2) is 34.9 Å². The largest absolute Gasteiger partial charge is 0.472 e. The fourth-order valence-electron chi connectivity index (χ4n) is 3.43. The van der Waals surface area contributed by atoms with Gasteiger partial charge in [-0.05, 0) is 44.6 Å². The summed E-state index contributed by atoms with van der Waals surface area (Å²) >= 11 is 1.81. The molecule has 2 aliphatic rings. The number of furan rings is 1. The van der Waals surface area contributed by atoms with Crippen LogP contribution in [0.25, 0.3) is 0 Å². The lowest BCUT2D eigenvalue weighted by Gasteiger charge is -2.34. The van der Waals surface area contributed by atoms with Gasteiger partial charge in [-0.1, -0.05) is 0 Å². The van der Waals surface area contributed by atoms with E-state index < -0.39 is 0 Å². The first-order valence-electron chi connectivity index (χ1n) is 8.70. The summed E-state index contributed by atoms with van der Waals surface area (Å²) in [6.07, 6.45) is 9.65. The van der Waals surface area contributed by atoms with Crippen molar-refractivity contribution in [2.75, 3.05) is 13.1 Å². The Morgan fingerprint density at radius 1 is 1.38 bits per heavy atom. The van der Waals surface area contributed by atoms with Gasteiger partial charge in [-0.3, -0.25) is 4.79 Å². The maximum Gasteiger partial charge on any atom is 0.257 e.